The van der Waals surface area contributed by atoms with Crippen molar-refractivity contribution in [3.05, 3.63) is 21.4 Å². The SMILES string of the molecule is CCOC(=O)c1sc(C(=O)NC2(Br)C=NN(CC)C2NC=O)cc1C. The zero-order chi connectivity index (χ0) is 18.6. The molecule has 0 radical (unpaired) electrons. The van der Waals surface area contributed by atoms with Crippen molar-refractivity contribution in [3.8, 4) is 0 Å². The molecule has 1 aliphatic rings. The second-order valence-corrected chi connectivity index (χ2v) is 7.62. The van der Waals surface area contributed by atoms with Gasteiger partial charge in [0.15, 0.2) is 10.6 Å². The van der Waals surface area contributed by atoms with E-state index >= 15 is 0 Å². The molecule has 2 amide bonds. The van der Waals surface area contributed by atoms with Crippen molar-refractivity contribution in [1.82, 2.24) is 15.6 Å². The van der Waals surface area contributed by atoms with E-state index < -0.39 is 16.6 Å². The number of nitrogens with zero attached hydrogens (tertiary/aromatic N) is 2. The van der Waals surface area contributed by atoms with E-state index in [4.69, 9.17) is 4.74 Å². The second kappa shape index (κ2) is 7.96. The van der Waals surface area contributed by atoms with Gasteiger partial charge in [0.1, 0.15) is 4.88 Å². The molecule has 0 aromatic carbocycles. The molecule has 0 saturated carbocycles. The molecule has 1 aromatic heterocycles. The highest BCUT2D eigenvalue weighted by Crippen LogP contribution is 2.28. The Balaban J connectivity index is 2.19. The fourth-order valence-corrected chi connectivity index (χ4v) is 3.98. The Morgan fingerprint density at radius 1 is 1.52 bits per heavy atom. The van der Waals surface area contributed by atoms with E-state index in [1.807, 2.05) is 6.92 Å². The van der Waals surface area contributed by atoms with Crippen molar-refractivity contribution in [2.45, 2.75) is 31.4 Å². The van der Waals surface area contributed by atoms with Gasteiger partial charge < -0.3 is 15.4 Å². The number of rotatable bonds is 7. The molecule has 0 aliphatic carbocycles. The summed E-state index contributed by atoms with van der Waals surface area (Å²) in [6.07, 6.45) is 1.50. The summed E-state index contributed by atoms with van der Waals surface area (Å²) in [4.78, 5) is 36.2. The van der Waals surface area contributed by atoms with E-state index in [0.29, 0.717) is 28.3 Å². The van der Waals surface area contributed by atoms with Gasteiger partial charge in [-0.25, -0.2) is 4.79 Å². The summed E-state index contributed by atoms with van der Waals surface area (Å²) >= 11 is 4.50. The molecule has 25 heavy (non-hydrogen) atoms. The third-order valence-corrected chi connectivity index (χ3v) is 5.60. The van der Waals surface area contributed by atoms with Crippen molar-refractivity contribution in [2.75, 3.05) is 13.2 Å². The van der Waals surface area contributed by atoms with Crippen molar-refractivity contribution in [3.63, 3.8) is 0 Å². The highest BCUT2D eigenvalue weighted by atomic mass is 79.9. The van der Waals surface area contributed by atoms with Crippen LogP contribution in [0.5, 0.6) is 0 Å². The summed E-state index contributed by atoms with van der Waals surface area (Å²) in [5, 5.41) is 11.3. The number of halogens is 1. The van der Waals surface area contributed by atoms with Crippen LogP contribution in [-0.2, 0) is 9.53 Å². The van der Waals surface area contributed by atoms with Crippen LogP contribution >= 0.6 is 27.3 Å². The van der Waals surface area contributed by atoms with Gasteiger partial charge >= 0.3 is 5.97 Å². The molecule has 136 valence electrons. The number of aryl methyl sites for hydroxylation is 1. The van der Waals surface area contributed by atoms with Crippen molar-refractivity contribution in [1.29, 1.82) is 0 Å². The molecule has 2 rings (SSSR count). The number of hydrogen-bond acceptors (Lipinski definition) is 7. The Morgan fingerprint density at radius 2 is 2.24 bits per heavy atom. The number of nitrogens with one attached hydrogen (secondary N) is 2. The molecule has 1 aromatic rings. The average molecular weight is 431 g/mol. The number of carbonyl (C=O) groups is 3. The van der Waals surface area contributed by atoms with Crippen LogP contribution in [-0.4, -0.2) is 53.3 Å². The van der Waals surface area contributed by atoms with Crippen LogP contribution in [0.3, 0.4) is 0 Å². The first-order chi connectivity index (χ1) is 11.9. The van der Waals surface area contributed by atoms with E-state index in [2.05, 4.69) is 31.7 Å². The zero-order valence-electron chi connectivity index (χ0n) is 14.0. The molecule has 0 bridgehead atoms. The van der Waals surface area contributed by atoms with Gasteiger partial charge in [0.2, 0.25) is 6.41 Å². The molecule has 2 N–H and O–H groups in total. The summed E-state index contributed by atoms with van der Waals surface area (Å²) in [5.74, 6) is -0.833. The smallest absolute Gasteiger partial charge is 0.348 e. The number of alkyl halides is 1. The molecule has 0 spiro atoms. The van der Waals surface area contributed by atoms with E-state index in [-0.39, 0.29) is 12.5 Å². The van der Waals surface area contributed by atoms with Crippen LogP contribution in [0.4, 0.5) is 0 Å². The molecule has 0 fully saturated rings. The van der Waals surface area contributed by atoms with E-state index in [9.17, 15) is 14.4 Å². The Kier molecular flexibility index (Phi) is 6.17. The summed E-state index contributed by atoms with van der Waals surface area (Å²) in [6.45, 7) is 6.17. The van der Waals surface area contributed by atoms with E-state index in [1.54, 1.807) is 24.9 Å². The third-order valence-electron chi connectivity index (χ3n) is 3.55. The lowest BCUT2D eigenvalue weighted by atomic mass is 10.2. The summed E-state index contributed by atoms with van der Waals surface area (Å²) < 4.78 is 3.93. The summed E-state index contributed by atoms with van der Waals surface area (Å²) in [5.41, 5.74) is 0.676. The lowest BCUT2D eigenvalue weighted by Gasteiger charge is -2.32. The zero-order valence-corrected chi connectivity index (χ0v) is 16.4. The first kappa shape index (κ1) is 19.4. The largest absolute Gasteiger partial charge is 0.462 e. The molecule has 1 aliphatic heterocycles. The summed E-state index contributed by atoms with van der Waals surface area (Å²) in [6, 6.07) is 1.63. The Bertz CT molecular complexity index is 708. The highest BCUT2D eigenvalue weighted by Gasteiger charge is 2.44. The maximum absolute atomic E-state index is 12.6. The Morgan fingerprint density at radius 3 is 2.84 bits per heavy atom. The first-order valence-electron chi connectivity index (χ1n) is 7.66. The third kappa shape index (κ3) is 4.01. The molecule has 0 saturated heterocycles. The number of likely N-dealkylation sites (N-methyl/N-ethyl adjacent to an activating group) is 1. The molecule has 2 unspecified atom stereocenters. The average Bonchev–Trinajstić information content (AvgIpc) is 3.09. The number of esters is 1. The molecular formula is C15H19BrN4O4S. The minimum atomic E-state index is -1.05. The van der Waals surface area contributed by atoms with Crippen LogP contribution in [0.1, 0.15) is 38.8 Å². The van der Waals surface area contributed by atoms with Crippen molar-refractivity contribution >= 4 is 51.8 Å². The van der Waals surface area contributed by atoms with E-state index in [0.717, 1.165) is 11.3 Å². The van der Waals surface area contributed by atoms with Crippen LogP contribution in [0, 0.1) is 6.92 Å². The number of hydrazone groups is 1. The molecule has 8 nitrogen and oxygen atoms in total. The number of amides is 2. The molecule has 10 heteroatoms. The number of hydrogen-bond donors (Lipinski definition) is 2. The fraction of sp³-hybridized carbons (Fsp3) is 0.467. The van der Waals surface area contributed by atoms with Gasteiger partial charge in [-0.15, -0.1) is 11.3 Å². The van der Waals surface area contributed by atoms with Crippen molar-refractivity contribution in [2.24, 2.45) is 5.10 Å². The molecule has 2 heterocycles. The van der Waals surface area contributed by atoms with Crippen LogP contribution < -0.4 is 10.6 Å². The maximum atomic E-state index is 12.6. The van der Waals surface area contributed by atoms with Gasteiger partial charge in [-0.05, 0) is 32.4 Å². The minimum Gasteiger partial charge on any atom is -0.462 e. The standard InChI is InChI=1S/C15H19BrN4O4S/c1-4-20-14(17-8-21)15(16,7-18-20)19-12(22)10-6-9(3)11(25-10)13(23)24-5-2/h6-8,14H,4-5H2,1-3H3,(H,17,21)(H,19,22). The number of thiophene rings is 1. The highest BCUT2D eigenvalue weighted by molar-refractivity contribution is 9.10. The normalized spacial score (nSPS) is 21.9. The van der Waals surface area contributed by atoms with Crippen molar-refractivity contribution < 1.29 is 19.1 Å². The molecular weight excluding hydrogens is 412 g/mol. The Labute approximate surface area is 157 Å². The second-order valence-electron chi connectivity index (χ2n) is 5.25. The van der Waals surface area contributed by atoms with Crippen LogP contribution in [0.15, 0.2) is 11.2 Å². The van der Waals surface area contributed by atoms with Crippen LogP contribution in [0.25, 0.3) is 0 Å². The van der Waals surface area contributed by atoms with Gasteiger partial charge in [0, 0.05) is 6.54 Å². The lowest BCUT2D eigenvalue weighted by Crippen LogP contribution is -2.60. The van der Waals surface area contributed by atoms with E-state index in [1.165, 1.54) is 6.21 Å². The Hall–Kier alpha value is -1.94. The molecule has 2 atom stereocenters. The quantitative estimate of drug-likeness (QED) is 0.295. The monoisotopic (exact) mass is 430 g/mol. The predicted molar refractivity (Wildman–Crippen MR) is 98.0 cm³/mol. The first-order valence-corrected chi connectivity index (χ1v) is 9.27. The van der Waals surface area contributed by atoms with Gasteiger partial charge in [-0.2, -0.15) is 5.10 Å². The number of ether oxygens (including phenoxy) is 1. The van der Waals surface area contributed by atoms with Gasteiger partial charge in [0.25, 0.3) is 5.91 Å². The number of carbonyl (C=O) groups excluding carboxylic acids is 3. The predicted octanol–water partition coefficient (Wildman–Crippen LogP) is 1.45. The topological polar surface area (TPSA) is 100 Å². The summed E-state index contributed by atoms with van der Waals surface area (Å²) in [7, 11) is 0. The minimum absolute atomic E-state index is 0.268. The maximum Gasteiger partial charge on any atom is 0.348 e. The van der Waals surface area contributed by atoms with Gasteiger partial charge in [0.05, 0.1) is 17.7 Å². The van der Waals surface area contributed by atoms with Gasteiger partial charge in [-0.1, -0.05) is 15.9 Å². The van der Waals surface area contributed by atoms with Gasteiger partial charge in [-0.3, -0.25) is 14.6 Å². The van der Waals surface area contributed by atoms with Crippen LogP contribution in [0.2, 0.25) is 0 Å². The lowest BCUT2D eigenvalue weighted by molar-refractivity contribution is -0.111. The fourth-order valence-electron chi connectivity index (χ4n) is 2.38.